The molecule has 0 heterocycles. The maximum Gasteiger partial charge on any atom is 0.105 e. The molecular formula is C9H18Cl4. The third-order valence-electron chi connectivity index (χ3n) is 1.32. The lowest BCUT2D eigenvalue weighted by atomic mass is 10.4. The molecule has 0 unspecified atom stereocenters. The topological polar surface area (TPSA) is 0 Å². The molecule has 0 N–H and O–H groups in total. The van der Waals surface area contributed by atoms with E-state index >= 15 is 0 Å². The number of rotatable bonds is 1. The van der Waals surface area contributed by atoms with Crippen molar-refractivity contribution >= 4 is 46.4 Å². The zero-order valence-electron chi connectivity index (χ0n) is 8.04. The summed E-state index contributed by atoms with van der Waals surface area (Å²) >= 11 is 20.2. The van der Waals surface area contributed by atoms with E-state index in [2.05, 4.69) is 0 Å². The maximum absolute atomic E-state index is 5.05. The Kier molecular flexibility index (Phi) is 19.9. The molecule has 0 nitrogen and oxygen atoms in total. The Morgan fingerprint density at radius 3 is 1.08 bits per heavy atom. The Morgan fingerprint density at radius 2 is 1.00 bits per heavy atom. The average Bonchev–Trinajstić information content (AvgIpc) is 2.59. The van der Waals surface area contributed by atoms with Gasteiger partial charge in [0.1, 0.15) is 4.84 Å². The van der Waals surface area contributed by atoms with Crippen LogP contribution in [0.25, 0.3) is 0 Å². The Bertz CT molecular complexity index is 59.7. The molecule has 0 saturated heterocycles. The first-order chi connectivity index (χ1) is 6.15. The van der Waals surface area contributed by atoms with Crippen LogP contribution in [0, 0.1) is 0 Å². The summed E-state index contributed by atoms with van der Waals surface area (Å²) in [6.07, 6.45) is 7.50. The van der Waals surface area contributed by atoms with E-state index in [0.717, 1.165) is 0 Å². The van der Waals surface area contributed by atoms with E-state index in [1.54, 1.807) is 6.92 Å². The predicted octanol–water partition coefficient (Wildman–Crippen LogP) is 5.22. The third-order valence-corrected chi connectivity index (χ3v) is 1.89. The second-order valence-electron chi connectivity index (χ2n) is 2.66. The Hall–Kier alpha value is 1.16. The number of hydrogen-bond donors (Lipinski definition) is 0. The van der Waals surface area contributed by atoms with Gasteiger partial charge in [0.15, 0.2) is 0 Å². The summed E-state index contributed by atoms with van der Waals surface area (Å²) < 4.78 is 0. The standard InChI is InChI=1S/C5H10.2C2H4Cl2/c1-2-4-5-3-1;1-2(3)4;3-1-2-4/h1-5H2;2H,1H3;1-2H2. The normalized spacial score (nSPS) is 14.3. The fraction of sp³-hybridized carbons (Fsp3) is 1.00. The van der Waals surface area contributed by atoms with Gasteiger partial charge >= 0.3 is 0 Å². The van der Waals surface area contributed by atoms with E-state index in [1.165, 1.54) is 32.1 Å². The van der Waals surface area contributed by atoms with Crippen LogP contribution in [0.2, 0.25) is 0 Å². The van der Waals surface area contributed by atoms with Crippen LogP contribution in [0.1, 0.15) is 39.0 Å². The van der Waals surface area contributed by atoms with Gasteiger partial charge in [0, 0.05) is 11.8 Å². The summed E-state index contributed by atoms with van der Waals surface area (Å²) in [5.74, 6) is 1.11. The van der Waals surface area contributed by atoms with Gasteiger partial charge in [0.25, 0.3) is 0 Å². The van der Waals surface area contributed by atoms with Crippen LogP contribution in [0.15, 0.2) is 0 Å². The van der Waals surface area contributed by atoms with E-state index in [1.807, 2.05) is 0 Å². The molecule has 0 radical (unpaired) electrons. The van der Waals surface area contributed by atoms with Gasteiger partial charge in [-0.1, -0.05) is 32.1 Å². The Morgan fingerprint density at radius 1 is 0.846 bits per heavy atom. The van der Waals surface area contributed by atoms with Crippen LogP contribution in [0.5, 0.6) is 0 Å². The highest BCUT2D eigenvalue weighted by Crippen LogP contribution is 2.15. The summed E-state index contributed by atoms with van der Waals surface area (Å²) in [4.78, 5) is -0.222. The van der Waals surface area contributed by atoms with Crippen LogP contribution in [0.3, 0.4) is 0 Å². The first-order valence-electron chi connectivity index (χ1n) is 4.55. The first kappa shape index (κ1) is 16.6. The lowest BCUT2D eigenvalue weighted by Gasteiger charge is -1.72. The molecular weight excluding hydrogens is 250 g/mol. The van der Waals surface area contributed by atoms with E-state index in [9.17, 15) is 0 Å². The lowest BCUT2D eigenvalue weighted by Crippen LogP contribution is -1.63. The van der Waals surface area contributed by atoms with Crippen molar-refractivity contribution in [3.63, 3.8) is 0 Å². The summed E-state index contributed by atoms with van der Waals surface area (Å²) in [6, 6.07) is 0. The molecule has 1 aliphatic carbocycles. The fourth-order valence-electron chi connectivity index (χ4n) is 0.884. The highest BCUT2D eigenvalue weighted by Gasteiger charge is 1.95. The van der Waals surface area contributed by atoms with Gasteiger partial charge in [-0.15, -0.1) is 46.4 Å². The van der Waals surface area contributed by atoms with Gasteiger partial charge < -0.3 is 0 Å². The second-order valence-corrected chi connectivity index (χ2v) is 4.95. The zero-order valence-corrected chi connectivity index (χ0v) is 11.1. The second kappa shape index (κ2) is 15.6. The third kappa shape index (κ3) is 32.0. The van der Waals surface area contributed by atoms with Crippen molar-refractivity contribution in [1.29, 1.82) is 0 Å². The van der Waals surface area contributed by atoms with E-state index < -0.39 is 0 Å². The highest BCUT2D eigenvalue weighted by molar-refractivity contribution is 6.43. The molecule has 13 heavy (non-hydrogen) atoms. The van der Waals surface area contributed by atoms with Gasteiger partial charge in [-0.05, 0) is 6.92 Å². The molecule has 0 aliphatic heterocycles. The Labute approximate surface area is 102 Å². The fourth-order valence-corrected chi connectivity index (χ4v) is 0.884. The van der Waals surface area contributed by atoms with Crippen LogP contribution >= 0.6 is 46.4 Å². The molecule has 0 aromatic carbocycles. The molecule has 0 bridgehead atoms. The summed E-state index contributed by atoms with van der Waals surface area (Å²) in [6.45, 7) is 1.70. The van der Waals surface area contributed by atoms with Gasteiger partial charge in [-0.3, -0.25) is 0 Å². The van der Waals surface area contributed by atoms with Crippen molar-refractivity contribution in [2.24, 2.45) is 0 Å². The van der Waals surface area contributed by atoms with E-state index in [4.69, 9.17) is 46.4 Å². The zero-order chi connectivity index (χ0) is 10.5. The monoisotopic (exact) mass is 266 g/mol. The van der Waals surface area contributed by atoms with Crippen molar-refractivity contribution in [1.82, 2.24) is 0 Å². The molecule has 1 rings (SSSR count). The molecule has 0 amide bonds. The molecule has 1 saturated carbocycles. The SMILES string of the molecule is C1CCCC1.CC(Cl)Cl.ClCCCl. The average molecular weight is 268 g/mol. The quantitative estimate of drug-likeness (QED) is 0.571. The van der Waals surface area contributed by atoms with Crippen LogP contribution in [-0.4, -0.2) is 16.6 Å². The minimum absolute atomic E-state index is 0.222. The molecule has 0 aromatic heterocycles. The number of halogens is 4. The minimum atomic E-state index is -0.222. The van der Waals surface area contributed by atoms with Crippen LogP contribution in [-0.2, 0) is 0 Å². The lowest BCUT2D eigenvalue weighted by molar-refractivity contribution is 0.886. The van der Waals surface area contributed by atoms with Crippen molar-refractivity contribution in [2.45, 2.75) is 43.9 Å². The first-order valence-corrected chi connectivity index (χ1v) is 6.49. The maximum atomic E-state index is 5.05. The van der Waals surface area contributed by atoms with Crippen molar-refractivity contribution in [2.75, 3.05) is 11.8 Å². The summed E-state index contributed by atoms with van der Waals surface area (Å²) in [7, 11) is 0. The van der Waals surface area contributed by atoms with Gasteiger partial charge in [-0.25, -0.2) is 0 Å². The van der Waals surface area contributed by atoms with Gasteiger partial charge in [0.2, 0.25) is 0 Å². The molecule has 4 heteroatoms. The molecule has 0 aromatic rings. The molecule has 0 atom stereocenters. The minimum Gasteiger partial charge on any atom is -0.125 e. The van der Waals surface area contributed by atoms with E-state index in [0.29, 0.717) is 11.8 Å². The van der Waals surface area contributed by atoms with Crippen LogP contribution in [0.4, 0.5) is 0 Å². The predicted molar refractivity (Wildman–Crippen MR) is 65.7 cm³/mol. The Balaban J connectivity index is 0. The van der Waals surface area contributed by atoms with Crippen molar-refractivity contribution < 1.29 is 0 Å². The number of hydrogen-bond acceptors (Lipinski definition) is 0. The largest absolute Gasteiger partial charge is 0.125 e. The molecule has 1 fully saturated rings. The molecule has 1 aliphatic rings. The van der Waals surface area contributed by atoms with Gasteiger partial charge in [-0.2, -0.15) is 0 Å². The number of alkyl halides is 4. The summed E-state index contributed by atoms with van der Waals surface area (Å²) in [5, 5.41) is 0. The van der Waals surface area contributed by atoms with E-state index in [-0.39, 0.29) is 4.84 Å². The molecule has 82 valence electrons. The highest BCUT2D eigenvalue weighted by atomic mass is 35.5. The van der Waals surface area contributed by atoms with Crippen molar-refractivity contribution in [3.05, 3.63) is 0 Å². The summed E-state index contributed by atoms with van der Waals surface area (Å²) in [5.41, 5.74) is 0. The smallest absolute Gasteiger partial charge is 0.105 e. The van der Waals surface area contributed by atoms with Crippen LogP contribution < -0.4 is 0 Å². The molecule has 0 spiro atoms. The van der Waals surface area contributed by atoms with Gasteiger partial charge in [0.05, 0.1) is 0 Å². The van der Waals surface area contributed by atoms with Crippen molar-refractivity contribution in [3.8, 4) is 0 Å².